The van der Waals surface area contributed by atoms with Gasteiger partial charge < -0.3 is 20.7 Å². The molecule has 0 unspecified atom stereocenters. The minimum atomic E-state index is -0.557. The standard InChI is InChI=1S/C23H25N3O5/c1-15-4-2-3-5-19(15)22(29)26-12-10-17(11-13-26)23(30)31-14-20(27)25-18-8-6-16(7-9-18)21(24)28/h2-9,17H,10-14H2,1H3,(H2,24,28)(H,25,27). The Morgan fingerprint density at radius 3 is 2.29 bits per heavy atom. The number of nitrogens with two attached hydrogens (primary N) is 1. The number of anilines is 1. The number of benzene rings is 2. The second-order valence-corrected chi connectivity index (χ2v) is 7.48. The maximum Gasteiger partial charge on any atom is 0.309 e. The normalized spacial score (nSPS) is 14.0. The molecular formula is C23H25N3O5. The first-order chi connectivity index (χ1) is 14.8. The number of hydrogen-bond acceptors (Lipinski definition) is 5. The number of primary amides is 1. The third-order valence-corrected chi connectivity index (χ3v) is 5.29. The van der Waals surface area contributed by atoms with Crippen molar-refractivity contribution in [2.45, 2.75) is 19.8 Å². The Hall–Kier alpha value is -3.68. The molecule has 0 radical (unpaired) electrons. The number of nitrogens with one attached hydrogen (secondary N) is 1. The molecule has 0 saturated carbocycles. The molecule has 8 heteroatoms. The highest BCUT2D eigenvalue weighted by molar-refractivity contribution is 5.96. The molecule has 2 aromatic carbocycles. The molecule has 1 aliphatic heterocycles. The zero-order valence-electron chi connectivity index (χ0n) is 17.3. The molecule has 3 amide bonds. The van der Waals surface area contributed by atoms with Crippen LogP contribution in [0.1, 0.15) is 39.1 Å². The van der Waals surface area contributed by atoms with E-state index < -0.39 is 24.4 Å². The number of nitrogens with zero attached hydrogens (tertiary/aromatic N) is 1. The SMILES string of the molecule is Cc1ccccc1C(=O)N1CCC(C(=O)OCC(=O)Nc2ccc(C(N)=O)cc2)CC1. The summed E-state index contributed by atoms with van der Waals surface area (Å²) in [5.74, 6) is -1.86. The smallest absolute Gasteiger partial charge is 0.309 e. The van der Waals surface area contributed by atoms with Crippen LogP contribution in [0.15, 0.2) is 48.5 Å². The number of ether oxygens (including phenoxy) is 1. The van der Waals surface area contributed by atoms with Crippen LogP contribution in [0.25, 0.3) is 0 Å². The van der Waals surface area contributed by atoms with Crippen LogP contribution in [0.3, 0.4) is 0 Å². The topological polar surface area (TPSA) is 119 Å². The number of esters is 1. The van der Waals surface area contributed by atoms with Crippen LogP contribution in [-0.2, 0) is 14.3 Å². The molecule has 8 nitrogen and oxygen atoms in total. The van der Waals surface area contributed by atoms with Gasteiger partial charge in [-0.15, -0.1) is 0 Å². The highest BCUT2D eigenvalue weighted by atomic mass is 16.5. The van der Waals surface area contributed by atoms with E-state index in [-0.39, 0.29) is 11.8 Å². The molecule has 3 N–H and O–H groups in total. The lowest BCUT2D eigenvalue weighted by atomic mass is 9.96. The number of rotatable bonds is 6. The van der Waals surface area contributed by atoms with Crippen molar-refractivity contribution in [2.24, 2.45) is 11.7 Å². The Kier molecular flexibility index (Phi) is 7.02. The first-order valence-electron chi connectivity index (χ1n) is 10.1. The number of carbonyl (C=O) groups excluding carboxylic acids is 4. The Morgan fingerprint density at radius 2 is 1.68 bits per heavy atom. The number of likely N-dealkylation sites (tertiary alicyclic amines) is 1. The second-order valence-electron chi connectivity index (χ2n) is 7.48. The van der Waals surface area contributed by atoms with Gasteiger partial charge in [-0.05, 0) is 55.7 Å². The second kappa shape index (κ2) is 9.88. The lowest BCUT2D eigenvalue weighted by Crippen LogP contribution is -2.41. The van der Waals surface area contributed by atoms with Gasteiger partial charge in [0.2, 0.25) is 5.91 Å². The summed E-state index contributed by atoms with van der Waals surface area (Å²) in [5.41, 5.74) is 7.56. The van der Waals surface area contributed by atoms with Crippen molar-refractivity contribution in [1.29, 1.82) is 0 Å². The van der Waals surface area contributed by atoms with E-state index in [2.05, 4.69) is 5.32 Å². The van der Waals surface area contributed by atoms with E-state index in [1.54, 1.807) is 23.1 Å². The fourth-order valence-corrected chi connectivity index (χ4v) is 3.47. The number of aryl methyl sites for hydroxylation is 1. The Balaban J connectivity index is 1.43. The Bertz CT molecular complexity index is 979. The van der Waals surface area contributed by atoms with Crippen molar-refractivity contribution >= 4 is 29.4 Å². The van der Waals surface area contributed by atoms with Crippen LogP contribution in [0.2, 0.25) is 0 Å². The summed E-state index contributed by atoms with van der Waals surface area (Å²) in [6, 6.07) is 13.5. The molecule has 1 saturated heterocycles. The maximum absolute atomic E-state index is 12.7. The molecule has 2 aromatic rings. The Labute approximate surface area is 180 Å². The maximum atomic E-state index is 12.7. The van der Waals surface area contributed by atoms with E-state index in [1.807, 2.05) is 25.1 Å². The summed E-state index contributed by atoms with van der Waals surface area (Å²) in [6.45, 7) is 2.42. The van der Waals surface area contributed by atoms with Gasteiger partial charge in [0.25, 0.3) is 11.8 Å². The van der Waals surface area contributed by atoms with Gasteiger partial charge >= 0.3 is 5.97 Å². The van der Waals surface area contributed by atoms with Gasteiger partial charge in [0.1, 0.15) is 0 Å². The number of hydrogen-bond donors (Lipinski definition) is 2. The van der Waals surface area contributed by atoms with Gasteiger partial charge in [-0.25, -0.2) is 0 Å². The summed E-state index contributed by atoms with van der Waals surface area (Å²) in [4.78, 5) is 49.8. The van der Waals surface area contributed by atoms with Crippen molar-refractivity contribution in [1.82, 2.24) is 4.90 Å². The lowest BCUT2D eigenvalue weighted by Gasteiger charge is -2.31. The van der Waals surface area contributed by atoms with Crippen molar-refractivity contribution in [3.8, 4) is 0 Å². The molecule has 1 aliphatic rings. The van der Waals surface area contributed by atoms with E-state index >= 15 is 0 Å². The monoisotopic (exact) mass is 423 g/mol. The first kappa shape index (κ1) is 22.0. The molecule has 0 atom stereocenters. The minimum absolute atomic E-state index is 0.0355. The van der Waals surface area contributed by atoms with E-state index in [0.29, 0.717) is 42.7 Å². The Morgan fingerprint density at radius 1 is 1.03 bits per heavy atom. The van der Waals surface area contributed by atoms with E-state index in [0.717, 1.165) is 5.56 Å². The molecule has 3 rings (SSSR count). The van der Waals surface area contributed by atoms with Crippen LogP contribution in [0.4, 0.5) is 5.69 Å². The largest absolute Gasteiger partial charge is 0.455 e. The fourth-order valence-electron chi connectivity index (χ4n) is 3.47. The molecule has 1 heterocycles. The molecule has 162 valence electrons. The minimum Gasteiger partial charge on any atom is -0.455 e. The van der Waals surface area contributed by atoms with Crippen molar-refractivity contribution in [2.75, 3.05) is 25.0 Å². The third kappa shape index (κ3) is 5.69. The summed E-state index contributed by atoms with van der Waals surface area (Å²) >= 11 is 0. The highest BCUT2D eigenvalue weighted by Crippen LogP contribution is 2.21. The molecule has 0 aromatic heterocycles. The molecule has 1 fully saturated rings. The van der Waals surface area contributed by atoms with Gasteiger partial charge in [0, 0.05) is 29.9 Å². The zero-order chi connectivity index (χ0) is 22.4. The number of amides is 3. The van der Waals surface area contributed by atoms with Crippen molar-refractivity contribution in [3.63, 3.8) is 0 Å². The molecular weight excluding hydrogens is 398 g/mol. The predicted molar refractivity (Wildman–Crippen MR) is 114 cm³/mol. The third-order valence-electron chi connectivity index (χ3n) is 5.29. The van der Waals surface area contributed by atoms with Crippen LogP contribution >= 0.6 is 0 Å². The van der Waals surface area contributed by atoms with E-state index in [4.69, 9.17) is 10.5 Å². The molecule has 31 heavy (non-hydrogen) atoms. The van der Waals surface area contributed by atoms with Crippen LogP contribution in [0, 0.1) is 12.8 Å². The van der Waals surface area contributed by atoms with Gasteiger partial charge in [-0.1, -0.05) is 18.2 Å². The quantitative estimate of drug-likeness (QED) is 0.690. The zero-order valence-corrected chi connectivity index (χ0v) is 17.3. The van der Waals surface area contributed by atoms with Crippen molar-refractivity contribution < 1.29 is 23.9 Å². The van der Waals surface area contributed by atoms with Crippen LogP contribution in [0.5, 0.6) is 0 Å². The predicted octanol–water partition coefficient (Wildman–Crippen LogP) is 2.13. The highest BCUT2D eigenvalue weighted by Gasteiger charge is 2.29. The van der Waals surface area contributed by atoms with E-state index in [1.165, 1.54) is 12.1 Å². The molecule has 0 aliphatic carbocycles. The lowest BCUT2D eigenvalue weighted by molar-refractivity contribution is -0.152. The first-order valence-corrected chi connectivity index (χ1v) is 10.1. The van der Waals surface area contributed by atoms with E-state index in [9.17, 15) is 19.2 Å². The van der Waals surface area contributed by atoms with Crippen LogP contribution < -0.4 is 11.1 Å². The van der Waals surface area contributed by atoms with Gasteiger partial charge in [0.05, 0.1) is 5.92 Å². The summed E-state index contributed by atoms with van der Waals surface area (Å²) < 4.78 is 5.15. The summed E-state index contributed by atoms with van der Waals surface area (Å²) in [5, 5.41) is 2.59. The average Bonchev–Trinajstić information content (AvgIpc) is 2.78. The van der Waals surface area contributed by atoms with Gasteiger partial charge in [-0.3, -0.25) is 19.2 Å². The van der Waals surface area contributed by atoms with Gasteiger partial charge in [-0.2, -0.15) is 0 Å². The molecule has 0 spiro atoms. The average molecular weight is 423 g/mol. The van der Waals surface area contributed by atoms with Gasteiger partial charge in [0.15, 0.2) is 6.61 Å². The van der Waals surface area contributed by atoms with Crippen LogP contribution in [-0.4, -0.2) is 48.3 Å². The molecule has 0 bridgehead atoms. The summed E-state index contributed by atoms with van der Waals surface area (Å²) in [6.07, 6.45) is 0.985. The number of piperidine rings is 1. The summed E-state index contributed by atoms with van der Waals surface area (Å²) in [7, 11) is 0. The van der Waals surface area contributed by atoms with Crippen molar-refractivity contribution in [3.05, 3.63) is 65.2 Å². The number of carbonyl (C=O) groups is 4. The fraction of sp³-hybridized carbons (Fsp3) is 0.304.